The molecule has 1 heterocycles. The Morgan fingerprint density at radius 2 is 1.86 bits per heavy atom. The van der Waals surface area contributed by atoms with Crippen molar-refractivity contribution in [3.8, 4) is 5.75 Å². The number of ether oxygens (including phenoxy) is 1. The van der Waals surface area contributed by atoms with Crippen molar-refractivity contribution in [2.24, 2.45) is 0 Å². The van der Waals surface area contributed by atoms with Crippen LogP contribution >= 0.6 is 0 Å². The van der Waals surface area contributed by atoms with E-state index in [0.29, 0.717) is 22.2 Å². The van der Waals surface area contributed by atoms with Crippen LogP contribution in [0.3, 0.4) is 0 Å². The minimum atomic E-state index is -4.51. The topological polar surface area (TPSA) is 51.2 Å². The van der Waals surface area contributed by atoms with Gasteiger partial charge in [-0.2, -0.15) is 13.2 Å². The molecule has 0 aliphatic carbocycles. The molecule has 1 N–H and O–H groups in total. The summed E-state index contributed by atoms with van der Waals surface area (Å²) >= 11 is 0. The van der Waals surface area contributed by atoms with E-state index in [2.05, 4.69) is 10.3 Å². The first kappa shape index (κ1) is 19.6. The third-order valence-corrected chi connectivity index (χ3v) is 3.92. The van der Waals surface area contributed by atoms with Crippen molar-refractivity contribution in [1.29, 1.82) is 0 Å². The number of rotatable bonds is 4. The molecule has 0 saturated carbocycles. The van der Waals surface area contributed by atoms with E-state index in [4.69, 9.17) is 4.74 Å². The molecule has 146 valence electrons. The Bertz CT molecular complexity index is 1040. The molecule has 3 rings (SSSR count). The summed E-state index contributed by atoms with van der Waals surface area (Å²) in [4.78, 5) is 17.0. The summed E-state index contributed by atoms with van der Waals surface area (Å²) < 4.78 is 55.8. The molecular weight excluding hydrogens is 376 g/mol. The van der Waals surface area contributed by atoms with Gasteiger partial charge in [-0.1, -0.05) is 6.07 Å². The number of pyridine rings is 1. The highest BCUT2D eigenvalue weighted by atomic mass is 19.4. The average molecular weight is 392 g/mol. The molecule has 0 atom stereocenters. The lowest BCUT2D eigenvalue weighted by atomic mass is 10.1. The molecule has 0 spiro atoms. The van der Waals surface area contributed by atoms with E-state index in [1.807, 2.05) is 0 Å². The molecular formula is C20H16F4N2O2. The highest BCUT2D eigenvalue weighted by molar-refractivity contribution is 6.12. The van der Waals surface area contributed by atoms with Crippen LogP contribution in [0.4, 0.5) is 23.2 Å². The SMILES string of the molecule is Cc1ccc(NC(=O)c2cc(C)nc3cc(F)ccc23)c(OCC(F)(F)F)c1. The number of carbonyl (C=O) groups is 1. The molecule has 28 heavy (non-hydrogen) atoms. The van der Waals surface area contributed by atoms with Crippen molar-refractivity contribution in [2.45, 2.75) is 20.0 Å². The number of anilines is 1. The van der Waals surface area contributed by atoms with Crippen molar-refractivity contribution < 1.29 is 27.1 Å². The van der Waals surface area contributed by atoms with Crippen molar-refractivity contribution >= 4 is 22.5 Å². The van der Waals surface area contributed by atoms with Gasteiger partial charge in [0.05, 0.1) is 16.8 Å². The van der Waals surface area contributed by atoms with E-state index in [-0.39, 0.29) is 17.0 Å². The Balaban J connectivity index is 1.95. The van der Waals surface area contributed by atoms with Crippen molar-refractivity contribution in [2.75, 3.05) is 11.9 Å². The standard InChI is InChI=1S/C20H16F4N2O2/c1-11-3-6-16(18(7-11)28-10-20(22,23)24)26-19(27)15-8-12(2)25-17-9-13(21)4-5-14(15)17/h3-9H,10H2,1-2H3,(H,26,27). The maximum Gasteiger partial charge on any atom is 0.422 e. The van der Waals surface area contributed by atoms with E-state index in [1.54, 1.807) is 19.9 Å². The first-order valence-corrected chi connectivity index (χ1v) is 8.31. The zero-order valence-electron chi connectivity index (χ0n) is 15.0. The summed E-state index contributed by atoms with van der Waals surface area (Å²) in [7, 11) is 0. The molecule has 4 nitrogen and oxygen atoms in total. The van der Waals surface area contributed by atoms with Gasteiger partial charge >= 0.3 is 6.18 Å². The fraction of sp³-hybridized carbons (Fsp3) is 0.200. The second kappa shape index (κ2) is 7.46. The van der Waals surface area contributed by atoms with Gasteiger partial charge in [-0.3, -0.25) is 9.78 Å². The summed E-state index contributed by atoms with van der Waals surface area (Å²) in [5, 5.41) is 3.00. The van der Waals surface area contributed by atoms with Crippen LogP contribution in [-0.2, 0) is 0 Å². The zero-order chi connectivity index (χ0) is 20.5. The third-order valence-electron chi connectivity index (χ3n) is 3.92. The molecule has 0 unspecified atom stereocenters. The Kier molecular flexibility index (Phi) is 5.22. The molecule has 2 aromatic carbocycles. The van der Waals surface area contributed by atoms with Gasteiger partial charge in [0.15, 0.2) is 6.61 Å². The maximum absolute atomic E-state index is 13.5. The van der Waals surface area contributed by atoms with Gasteiger partial charge in [-0.05, 0) is 49.7 Å². The summed E-state index contributed by atoms with van der Waals surface area (Å²) in [6.45, 7) is 1.88. The molecule has 1 amide bonds. The van der Waals surface area contributed by atoms with Gasteiger partial charge in [0.1, 0.15) is 11.6 Å². The highest BCUT2D eigenvalue weighted by Gasteiger charge is 2.29. The van der Waals surface area contributed by atoms with Crippen LogP contribution in [0.25, 0.3) is 10.9 Å². The number of fused-ring (bicyclic) bond motifs is 1. The number of nitrogens with one attached hydrogen (secondary N) is 1. The normalized spacial score (nSPS) is 11.5. The minimum absolute atomic E-state index is 0.0909. The fourth-order valence-corrected chi connectivity index (χ4v) is 2.72. The molecule has 0 aliphatic heterocycles. The second-order valence-electron chi connectivity index (χ2n) is 6.33. The molecule has 3 aromatic rings. The number of benzene rings is 2. The largest absolute Gasteiger partial charge is 0.482 e. The van der Waals surface area contributed by atoms with Crippen molar-refractivity contribution in [1.82, 2.24) is 4.98 Å². The first-order valence-electron chi connectivity index (χ1n) is 8.31. The van der Waals surface area contributed by atoms with Gasteiger partial charge in [-0.15, -0.1) is 0 Å². The van der Waals surface area contributed by atoms with Crippen molar-refractivity contribution in [3.63, 3.8) is 0 Å². The number of alkyl halides is 3. The van der Waals surface area contributed by atoms with E-state index in [0.717, 1.165) is 0 Å². The average Bonchev–Trinajstić information content (AvgIpc) is 2.60. The maximum atomic E-state index is 13.5. The first-order chi connectivity index (χ1) is 13.1. The summed E-state index contributed by atoms with van der Waals surface area (Å²) in [5.41, 5.74) is 1.81. The van der Waals surface area contributed by atoms with Gasteiger partial charge in [0.2, 0.25) is 0 Å². The van der Waals surface area contributed by atoms with Gasteiger partial charge in [-0.25, -0.2) is 4.39 Å². The lowest BCUT2D eigenvalue weighted by molar-refractivity contribution is -0.153. The van der Waals surface area contributed by atoms with Crippen LogP contribution in [0.5, 0.6) is 5.75 Å². The fourth-order valence-electron chi connectivity index (χ4n) is 2.72. The Labute approximate surface area is 158 Å². The number of carbonyl (C=O) groups excluding carboxylic acids is 1. The lowest BCUT2D eigenvalue weighted by Crippen LogP contribution is -2.20. The van der Waals surface area contributed by atoms with E-state index in [9.17, 15) is 22.4 Å². The number of halogens is 4. The minimum Gasteiger partial charge on any atom is -0.482 e. The number of nitrogens with zero attached hydrogens (tertiary/aromatic N) is 1. The smallest absolute Gasteiger partial charge is 0.422 e. The lowest BCUT2D eigenvalue weighted by Gasteiger charge is -2.15. The van der Waals surface area contributed by atoms with Crippen LogP contribution in [-0.4, -0.2) is 23.7 Å². The molecule has 0 bridgehead atoms. The second-order valence-corrected chi connectivity index (χ2v) is 6.33. The molecule has 0 fully saturated rings. The Morgan fingerprint density at radius 3 is 2.57 bits per heavy atom. The monoisotopic (exact) mass is 392 g/mol. The van der Waals surface area contributed by atoms with E-state index in [1.165, 1.54) is 36.4 Å². The number of hydrogen-bond acceptors (Lipinski definition) is 3. The molecule has 0 radical (unpaired) electrons. The predicted molar refractivity (Wildman–Crippen MR) is 97.1 cm³/mol. The molecule has 1 aromatic heterocycles. The summed E-state index contributed by atoms with van der Waals surface area (Å²) in [5.74, 6) is -1.15. The van der Waals surface area contributed by atoms with Crippen LogP contribution in [0.2, 0.25) is 0 Å². The number of hydrogen-bond donors (Lipinski definition) is 1. The molecule has 0 saturated heterocycles. The third kappa shape index (κ3) is 4.57. The highest BCUT2D eigenvalue weighted by Crippen LogP contribution is 2.29. The van der Waals surface area contributed by atoms with Crippen LogP contribution in [0.15, 0.2) is 42.5 Å². The number of aromatic nitrogens is 1. The quantitative estimate of drug-likeness (QED) is 0.622. The van der Waals surface area contributed by atoms with E-state index >= 15 is 0 Å². The zero-order valence-corrected chi connectivity index (χ0v) is 15.0. The molecule has 0 aliphatic rings. The number of amides is 1. The predicted octanol–water partition coefficient (Wildman–Crippen LogP) is 5.18. The number of aryl methyl sites for hydroxylation is 2. The van der Waals surface area contributed by atoms with E-state index < -0.39 is 24.5 Å². The van der Waals surface area contributed by atoms with Gasteiger partial charge in [0, 0.05) is 17.1 Å². The van der Waals surface area contributed by atoms with Crippen LogP contribution < -0.4 is 10.1 Å². The van der Waals surface area contributed by atoms with Crippen molar-refractivity contribution in [3.05, 3.63) is 65.1 Å². The van der Waals surface area contributed by atoms with Gasteiger partial charge < -0.3 is 10.1 Å². The molecule has 8 heteroatoms. The summed E-state index contributed by atoms with van der Waals surface area (Å²) in [6.07, 6.45) is -4.51. The Morgan fingerprint density at radius 1 is 1.11 bits per heavy atom. The Hall–Kier alpha value is -3.16. The van der Waals surface area contributed by atoms with Crippen LogP contribution in [0, 0.1) is 19.7 Å². The van der Waals surface area contributed by atoms with Crippen LogP contribution in [0.1, 0.15) is 21.6 Å². The summed E-state index contributed by atoms with van der Waals surface area (Å²) in [6, 6.07) is 9.90. The van der Waals surface area contributed by atoms with Gasteiger partial charge in [0.25, 0.3) is 5.91 Å².